The molecule has 34 heavy (non-hydrogen) atoms. The molecule has 0 fully saturated rings. The van der Waals surface area contributed by atoms with E-state index in [4.69, 9.17) is 18.7 Å². The maximum absolute atomic E-state index is 14.7. The highest BCUT2D eigenvalue weighted by Gasteiger charge is 2.38. The van der Waals surface area contributed by atoms with Gasteiger partial charge in [0.1, 0.15) is 5.78 Å². The fraction of sp³-hybridized carbons (Fsp3) is 0.308. The van der Waals surface area contributed by atoms with Crippen LogP contribution in [0.25, 0.3) is 0 Å². The number of nitrogens with one attached hydrogen (secondary N) is 1. The highest BCUT2D eigenvalue weighted by atomic mass is 31.2. The molecule has 3 aromatic rings. The third-order valence-electron chi connectivity index (χ3n) is 5.47. The molecule has 0 aliphatic rings. The number of hydrogen-bond acceptors (Lipinski definition) is 7. The minimum atomic E-state index is -3.49. The van der Waals surface area contributed by atoms with E-state index in [1.54, 1.807) is 21.3 Å². The maximum atomic E-state index is 14.7. The van der Waals surface area contributed by atoms with Crippen LogP contribution < -0.4 is 29.7 Å². The van der Waals surface area contributed by atoms with Crippen molar-refractivity contribution in [3.05, 3.63) is 72.3 Å². The summed E-state index contributed by atoms with van der Waals surface area (Å²) in [5.41, 5.74) is 2.50. The first-order valence-electron chi connectivity index (χ1n) is 11.0. The number of anilines is 2. The van der Waals surface area contributed by atoms with Crippen LogP contribution in [0.4, 0.5) is 11.4 Å². The lowest BCUT2D eigenvalue weighted by Crippen LogP contribution is -2.21. The number of hydrogen-bond donors (Lipinski definition) is 1. The van der Waals surface area contributed by atoms with E-state index in [2.05, 4.69) is 5.32 Å². The predicted molar refractivity (Wildman–Crippen MR) is 139 cm³/mol. The predicted octanol–water partition coefficient (Wildman–Crippen LogP) is 5.53. The van der Waals surface area contributed by atoms with Crippen LogP contribution in [0.15, 0.2) is 66.7 Å². The maximum Gasteiger partial charge on any atom is 0.258 e. The van der Waals surface area contributed by atoms with E-state index in [9.17, 15) is 4.57 Å². The number of methoxy groups -OCH3 is 3. The summed E-state index contributed by atoms with van der Waals surface area (Å²) in [6, 6.07) is 20.9. The first-order chi connectivity index (χ1) is 16.4. The van der Waals surface area contributed by atoms with Crippen LogP contribution in [0.2, 0.25) is 0 Å². The van der Waals surface area contributed by atoms with Crippen molar-refractivity contribution in [3.63, 3.8) is 0 Å². The largest absolute Gasteiger partial charge is 0.493 e. The normalized spacial score (nSPS) is 13.5. The van der Waals surface area contributed by atoms with Crippen molar-refractivity contribution in [3.8, 4) is 17.2 Å². The van der Waals surface area contributed by atoms with Crippen LogP contribution in [-0.4, -0.2) is 42.0 Å². The average Bonchev–Trinajstić information content (AvgIpc) is 2.87. The average molecular weight is 485 g/mol. The minimum Gasteiger partial charge on any atom is -0.493 e. The van der Waals surface area contributed by atoms with Crippen molar-refractivity contribution < 1.29 is 23.3 Å². The van der Waals surface area contributed by atoms with E-state index < -0.39 is 13.2 Å². The van der Waals surface area contributed by atoms with E-state index in [0.29, 0.717) is 28.1 Å². The second-order valence-electron chi connectivity index (χ2n) is 7.80. The molecule has 8 heteroatoms. The SMILES string of the molecule is CCO[P@](=O)(c1ccc(N(C)C)cc1)[C@@H](Nc1ccccc1)c1cc(OC)c(OC)c(OC)c1. The van der Waals surface area contributed by atoms with E-state index in [1.807, 2.05) is 92.6 Å². The number of para-hydroxylation sites is 1. The first kappa shape index (κ1) is 25.5. The molecule has 3 rings (SSSR count). The fourth-order valence-corrected chi connectivity index (χ4v) is 6.17. The number of ether oxygens (including phenoxy) is 3. The number of rotatable bonds is 11. The van der Waals surface area contributed by atoms with Gasteiger partial charge in [0.15, 0.2) is 11.5 Å². The van der Waals surface area contributed by atoms with Crippen LogP contribution in [0.3, 0.4) is 0 Å². The van der Waals surface area contributed by atoms with E-state index in [-0.39, 0.29) is 6.61 Å². The summed E-state index contributed by atoms with van der Waals surface area (Å²) in [6.45, 7) is 2.12. The van der Waals surface area contributed by atoms with Gasteiger partial charge in [-0.2, -0.15) is 0 Å². The summed E-state index contributed by atoms with van der Waals surface area (Å²) in [5.74, 6) is 0.702. The molecule has 0 radical (unpaired) electrons. The Bertz CT molecular complexity index is 1090. The van der Waals surface area contributed by atoms with Crippen LogP contribution in [0, 0.1) is 0 Å². The highest BCUT2D eigenvalue weighted by molar-refractivity contribution is 7.67. The zero-order chi connectivity index (χ0) is 24.7. The van der Waals surface area contributed by atoms with E-state index in [1.165, 1.54) is 0 Å². The molecule has 0 heterocycles. The molecular formula is C26H33N2O5P. The summed E-state index contributed by atoms with van der Waals surface area (Å²) in [5, 5.41) is 4.06. The van der Waals surface area contributed by atoms with Crippen LogP contribution in [0.1, 0.15) is 18.3 Å². The van der Waals surface area contributed by atoms with Gasteiger partial charge in [-0.05, 0) is 61.0 Å². The topological polar surface area (TPSA) is 69.3 Å². The van der Waals surface area contributed by atoms with Gasteiger partial charge in [0, 0.05) is 30.8 Å². The summed E-state index contributed by atoms with van der Waals surface area (Å²) in [4.78, 5) is 1.99. The smallest absolute Gasteiger partial charge is 0.258 e. The van der Waals surface area contributed by atoms with Gasteiger partial charge in [0.25, 0.3) is 7.37 Å². The molecule has 0 saturated heterocycles. The zero-order valence-corrected chi connectivity index (χ0v) is 21.5. The molecule has 7 nitrogen and oxygen atoms in total. The van der Waals surface area contributed by atoms with Crippen LogP contribution in [-0.2, 0) is 9.09 Å². The monoisotopic (exact) mass is 484 g/mol. The van der Waals surface area contributed by atoms with Crippen molar-refractivity contribution in [2.24, 2.45) is 0 Å². The van der Waals surface area contributed by atoms with Crippen LogP contribution in [0.5, 0.6) is 17.2 Å². The van der Waals surface area contributed by atoms with Gasteiger partial charge < -0.3 is 29.0 Å². The summed E-state index contributed by atoms with van der Waals surface area (Å²) in [7, 11) is 5.11. The zero-order valence-electron chi connectivity index (χ0n) is 20.6. The molecule has 0 aliphatic heterocycles. The number of benzene rings is 3. The van der Waals surface area contributed by atoms with Gasteiger partial charge in [-0.25, -0.2) is 0 Å². The van der Waals surface area contributed by atoms with Crippen molar-refractivity contribution in [2.45, 2.75) is 12.7 Å². The molecule has 0 bridgehead atoms. The molecule has 0 amide bonds. The third-order valence-corrected chi connectivity index (χ3v) is 8.23. The van der Waals surface area contributed by atoms with Crippen molar-refractivity contribution >= 4 is 24.0 Å². The summed E-state index contributed by atoms with van der Waals surface area (Å²) in [6.07, 6.45) is 0. The molecule has 1 N–H and O–H groups in total. The molecule has 0 aliphatic carbocycles. The lowest BCUT2D eigenvalue weighted by molar-refractivity contribution is 0.322. The van der Waals surface area contributed by atoms with E-state index in [0.717, 1.165) is 11.4 Å². The lowest BCUT2D eigenvalue weighted by atomic mass is 10.1. The molecule has 0 unspecified atom stereocenters. The van der Waals surface area contributed by atoms with Crippen molar-refractivity contribution in [2.75, 3.05) is 52.2 Å². The molecule has 0 aromatic heterocycles. The molecule has 0 spiro atoms. The Morgan fingerprint density at radius 1 is 0.882 bits per heavy atom. The Balaban J connectivity index is 2.22. The number of nitrogens with zero attached hydrogens (tertiary/aromatic N) is 1. The Morgan fingerprint density at radius 2 is 1.47 bits per heavy atom. The molecule has 182 valence electrons. The second-order valence-corrected chi connectivity index (χ2v) is 10.3. The standard InChI is InChI=1S/C26H33N2O5P/c1-7-33-34(29,22-15-13-21(14-16-22)28(2)3)26(27-20-11-9-8-10-12-20)19-17-23(30-4)25(32-6)24(18-19)31-5/h8-18,26-27H,7H2,1-6H3/t26-,34-/m1/s1. The van der Waals surface area contributed by atoms with Gasteiger partial charge in [-0.15, -0.1) is 0 Å². The van der Waals surface area contributed by atoms with Crippen LogP contribution >= 0.6 is 7.37 Å². The first-order valence-corrected chi connectivity index (χ1v) is 12.7. The van der Waals surface area contributed by atoms with Gasteiger partial charge in [0.2, 0.25) is 5.75 Å². The Kier molecular flexibility index (Phi) is 8.48. The second kappa shape index (κ2) is 11.3. The van der Waals surface area contributed by atoms with Crippen molar-refractivity contribution in [1.29, 1.82) is 0 Å². The Labute approximate surface area is 202 Å². The summed E-state index contributed by atoms with van der Waals surface area (Å²) < 4.78 is 37.5. The fourth-order valence-electron chi connectivity index (χ4n) is 3.76. The lowest BCUT2D eigenvalue weighted by Gasteiger charge is -2.30. The Hall–Kier alpha value is -3.15. The minimum absolute atomic E-state index is 0.282. The quantitative estimate of drug-likeness (QED) is 0.359. The highest BCUT2D eigenvalue weighted by Crippen LogP contribution is 2.60. The van der Waals surface area contributed by atoms with Gasteiger partial charge in [0.05, 0.1) is 27.9 Å². The van der Waals surface area contributed by atoms with Gasteiger partial charge >= 0.3 is 0 Å². The van der Waals surface area contributed by atoms with Crippen molar-refractivity contribution in [1.82, 2.24) is 0 Å². The van der Waals surface area contributed by atoms with E-state index >= 15 is 0 Å². The summed E-state index contributed by atoms with van der Waals surface area (Å²) >= 11 is 0. The van der Waals surface area contributed by atoms with Gasteiger partial charge in [-0.1, -0.05) is 18.2 Å². The molecule has 0 saturated carbocycles. The molecule has 2 atom stereocenters. The third kappa shape index (κ3) is 5.32. The molecule has 3 aromatic carbocycles. The Morgan fingerprint density at radius 3 is 1.94 bits per heavy atom. The van der Waals surface area contributed by atoms with Gasteiger partial charge in [-0.3, -0.25) is 4.57 Å². The molecular weight excluding hydrogens is 451 g/mol.